The molecule has 0 fully saturated rings. The Bertz CT molecular complexity index is 1070. The van der Waals surface area contributed by atoms with E-state index in [1.807, 2.05) is 36.4 Å². The number of halogens is 2. The fourth-order valence-electron chi connectivity index (χ4n) is 3.79. The van der Waals surface area contributed by atoms with Gasteiger partial charge in [0.25, 0.3) is 0 Å². The number of carbonyl (C=O) groups is 1. The van der Waals surface area contributed by atoms with Crippen molar-refractivity contribution >= 4 is 29.1 Å². The summed E-state index contributed by atoms with van der Waals surface area (Å²) in [6.07, 6.45) is 0.502. The Morgan fingerprint density at radius 1 is 0.964 bits per heavy atom. The lowest BCUT2D eigenvalue weighted by Crippen LogP contribution is -2.39. The minimum absolute atomic E-state index is 0.286. The van der Waals surface area contributed by atoms with Gasteiger partial charge in [-0.3, -0.25) is 4.79 Å². The molecule has 1 aliphatic rings. The van der Waals surface area contributed by atoms with Crippen molar-refractivity contribution < 1.29 is 9.53 Å². The molecule has 1 unspecified atom stereocenters. The molecule has 0 radical (unpaired) electrons. The molecule has 1 atom stereocenters. The van der Waals surface area contributed by atoms with Crippen LogP contribution in [-0.2, 0) is 12.0 Å². The molecule has 6 heteroatoms. The molecule has 4 nitrogen and oxygen atoms in total. The summed E-state index contributed by atoms with van der Waals surface area (Å²) >= 11 is 13.0. The van der Waals surface area contributed by atoms with E-state index in [4.69, 9.17) is 39.4 Å². The summed E-state index contributed by atoms with van der Waals surface area (Å²) in [7, 11) is 0. The third kappa shape index (κ3) is 2.94. The van der Waals surface area contributed by atoms with Gasteiger partial charge in [-0.1, -0.05) is 59.6 Å². The molecule has 142 valence electrons. The third-order valence-corrected chi connectivity index (χ3v) is 5.78. The van der Waals surface area contributed by atoms with E-state index in [1.165, 1.54) is 0 Å². The lowest BCUT2D eigenvalue weighted by atomic mass is 9.85. The molecule has 1 heterocycles. The zero-order chi connectivity index (χ0) is 19.9. The number of fused-ring (bicyclic) bond motifs is 1. The number of nitrogens with two attached hydrogens (primary N) is 2. The van der Waals surface area contributed by atoms with Gasteiger partial charge in [-0.25, -0.2) is 0 Å². The van der Waals surface area contributed by atoms with Crippen molar-refractivity contribution in [3.8, 4) is 16.9 Å². The van der Waals surface area contributed by atoms with Gasteiger partial charge in [0.05, 0.1) is 0 Å². The molecular weight excluding hydrogens is 395 g/mol. The van der Waals surface area contributed by atoms with Crippen LogP contribution in [-0.4, -0.2) is 12.5 Å². The molecule has 4 rings (SSSR count). The first-order valence-electron chi connectivity index (χ1n) is 8.81. The van der Waals surface area contributed by atoms with Gasteiger partial charge < -0.3 is 16.2 Å². The lowest BCUT2D eigenvalue weighted by molar-refractivity contribution is 0.100. The van der Waals surface area contributed by atoms with Gasteiger partial charge in [0.1, 0.15) is 5.75 Å². The van der Waals surface area contributed by atoms with Crippen molar-refractivity contribution in [1.82, 2.24) is 0 Å². The Morgan fingerprint density at radius 2 is 1.68 bits per heavy atom. The standard InChI is InChI=1S/C22H18Cl2N2O2/c23-16-8-4-7-14(21(26)27)19(16)20-15-11-22(12-25,13-5-2-1-3-6-13)28-18(15)10-9-17(20)24/h1-10H,11-12,25H2,(H2,26,27). The average molecular weight is 413 g/mol. The summed E-state index contributed by atoms with van der Waals surface area (Å²) in [4.78, 5) is 12.0. The smallest absolute Gasteiger partial charge is 0.249 e. The summed E-state index contributed by atoms with van der Waals surface area (Å²) < 4.78 is 6.34. The second-order valence-corrected chi connectivity index (χ2v) is 7.58. The van der Waals surface area contributed by atoms with E-state index in [9.17, 15) is 4.79 Å². The molecule has 0 spiro atoms. The van der Waals surface area contributed by atoms with Crippen LogP contribution in [0.2, 0.25) is 10.0 Å². The molecule has 0 saturated carbocycles. The van der Waals surface area contributed by atoms with Gasteiger partial charge in [0.15, 0.2) is 5.60 Å². The largest absolute Gasteiger partial charge is 0.481 e. The highest BCUT2D eigenvalue weighted by molar-refractivity contribution is 6.37. The third-order valence-electron chi connectivity index (χ3n) is 5.15. The number of amides is 1. The SMILES string of the molecule is NCC1(c2ccccc2)Cc2c(ccc(Cl)c2-c2c(Cl)cccc2C(N)=O)O1. The molecular formula is C22H18Cl2N2O2. The van der Waals surface area contributed by atoms with Crippen LogP contribution in [0.5, 0.6) is 5.75 Å². The molecule has 28 heavy (non-hydrogen) atoms. The highest BCUT2D eigenvalue weighted by Gasteiger charge is 2.42. The maximum absolute atomic E-state index is 12.0. The summed E-state index contributed by atoms with van der Waals surface area (Å²) in [5, 5.41) is 0.871. The summed E-state index contributed by atoms with van der Waals surface area (Å²) in [5.41, 5.74) is 14.4. The Hall–Kier alpha value is -2.53. The summed E-state index contributed by atoms with van der Waals surface area (Å²) in [5.74, 6) is 0.0993. The first-order chi connectivity index (χ1) is 13.5. The fourth-order valence-corrected chi connectivity index (χ4v) is 4.33. The van der Waals surface area contributed by atoms with E-state index in [0.29, 0.717) is 38.9 Å². The highest BCUT2D eigenvalue weighted by Crippen LogP contribution is 2.49. The van der Waals surface area contributed by atoms with Gasteiger partial charge >= 0.3 is 0 Å². The van der Waals surface area contributed by atoms with Crippen LogP contribution in [0.3, 0.4) is 0 Å². The predicted molar refractivity (Wildman–Crippen MR) is 112 cm³/mol. The summed E-state index contributed by atoms with van der Waals surface area (Å²) in [6, 6.07) is 18.4. The van der Waals surface area contributed by atoms with Crippen molar-refractivity contribution in [2.24, 2.45) is 11.5 Å². The topological polar surface area (TPSA) is 78.3 Å². The Balaban J connectivity index is 1.94. The summed E-state index contributed by atoms with van der Waals surface area (Å²) in [6.45, 7) is 0.286. The van der Waals surface area contributed by atoms with Crippen LogP contribution in [0.4, 0.5) is 0 Å². The van der Waals surface area contributed by atoms with Crippen LogP contribution in [0.15, 0.2) is 60.7 Å². The Morgan fingerprint density at radius 3 is 2.36 bits per heavy atom. The second kappa shape index (κ2) is 7.13. The monoisotopic (exact) mass is 412 g/mol. The maximum Gasteiger partial charge on any atom is 0.249 e. The van der Waals surface area contributed by atoms with E-state index in [1.54, 1.807) is 24.3 Å². The number of rotatable bonds is 4. The Labute approximate surface area is 173 Å². The van der Waals surface area contributed by atoms with Crippen molar-refractivity contribution in [2.45, 2.75) is 12.0 Å². The van der Waals surface area contributed by atoms with Crippen LogP contribution >= 0.6 is 23.2 Å². The number of ether oxygens (including phenoxy) is 1. The van der Waals surface area contributed by atoms with Gasteiger partial charge in [-0.2, -0.15) is 0 Å². The van der Waals surface area contributed by atoms with Crippen LogP contribution in [0.25, 0.3) is 11.1 Å². The Kier molecular flexibility index (Phi) is 4.79. The normalized spacial score (nSPS) is 17.8. The maximum atomic E-state index is 12.0. The fraction of sp³-hybridized carbons (Fsp3) is 0.136. The first-order valence-corrected chi connectivity index (χ1v) is 9.57. The van der Waals surface area contributed by atoms with Crippen LogP contribution in [0, 0.1) is 0 Å². The average Bonchev–Trinajstić information content (AvgIpc) is 3.09. The number of hydrogen-bond donors (Lipinski definition) is 2. The van der Waals surface area contributed by atoms with Gasteiger partial charge in [-0.05, 0) is 29.8 Å². The zero-order valence-corrected chi connectivity index (χ0v) is 16.4. The van der Waals surface area contributed by atoms with Crippen molar-refractivity contribution in [3.63, 3.8) is 0 Å². The van der Waals surface area contributed by atoms with E-state index in [-0.39, 0.29) is 6.54 Å². The minimum atomic E-state index is -0.711. The zero-order valence-electron chi connectivity index (χ0n) is 14.9. The number of primary amides is 1. The molecule has 0 saturated heterocycles. The van der Waals surface area contributed by atoms with E-state index >= 15 is 0 Å². The van der Waals surface area contributed by atoms with Crippen LogP contribution in [0.1, 0.15) is 21.5 Å². The molecule has 4 N–H and O–H groups in total. The first kappa shape index (κ1) is 18.8. The predicted octanol–water partition coefficient (Wildman–Crippen LogP) is 4.55. The van der Waals surface area contributed by atoms with E-state index in [2.05, 4.69) is 0 Å². The molecule has 1 amide bonds. The molecule has 1 aliphatic heterocycles. The van der Waals surface area contributed by atoms with Crippen LogP contribution < -0.4 is 16.2 Å². The number of benzene rings is 3. The van der Waals surface area contributed by atoms with E-state index < -0.39 is 11.5 Å². The van der Waals surface area contributed by atoms with Crippen molar-refractivity contribution in [2.75, 3.05) is 6.54 Å². The molecule has 0 aliphatic carbocycles. The highest BCUT2D eigenvalue weighted by atomic mass is 35.5. The minimum Gasteiger partial charge on any atom is -0.481 e. The number of carbonyl (C=O) groups excluding carboxylic acids is 1. The molecule has 3 aromatic carbocycles. The van der Waals surface area contributed by atoms with Gasteiger partial charge in [0, 0.05) is 45.3 Å². The number of hydrogen-bond acceptors (Lipinski definition) is 3. The van der Waals surface area contributed by atoms with E-state index in [0.717, 1.165) is 11.1 Å². The van der Waals surface area contributed by atoms with Crippen molar-refractivity contribution in [1.29, 1.82) is 0 Å². The second-order valence-electron chi connectivity index (χ2n) is 6.77. The lowest BCUT2D eigenvalue weighted by Gasteiger charge is -2.27. The van der Waals surface area contributed by atoms with Gasteiger partial charge in [0.2, 0.25) is 5.91 Å². The molecule has 0 aromatic heterocycles. The molecule has 3 aromatic rings. The van der Waals surface area contributed by atoms with Crippen molar-refractivity contribution in [3.05, 3.63) is 87.4 Å². The molecule has 0 bridgehead atoms. The quantitative estimate of drug-likeness (QED) is 0.659. The van der Waals surface area contributed by atoms with Gasteiger partial charge in [-0.15, -0.1) is 0 Å².